The first-order valence-electron chi connectivity index (χ1n) is 5.99. The first kappa shape index (κ1) is 11.5. The molecule has 2 aromatic heterocycles. The molecule has 2 heterocycles. The summed E-state index contributed by atoms with van der Waals surface area (Å²) in [4.78, 5) is 4.36. The first-order chi connectivity index (χ1) is 9.31. The van der Waals surface area contributed by atoms with Crippen LogP contribution < -0.4 is 10.1 Å². The lowest BCUT2D eigenvalue weighted by Crippen LogP contribution is -1.99. The number of nitrogens with one attached hydrogen (secondary N) is 1. The molecule has 0 amide bonds. The van der Waals surface area contributed by atoms with Crippen molar-refractivity contribution in [1.82, 2.24) is 14.6 Å². The maximum absolute atomic E-state index is 5.25. The number of benzene rings is 1. The number of rotatable bonds is 3. The van der Waals surface area contributed by atoms with Gasteiger partial charge in [0.2, 0.25) is 0 Å². The maximum Gasteiger partial charge on any atom is 0.154 e. The molecule has 0 aliphatic carbocycles. The molecular formula is C14H14N4O. The van der Waals surface area contributed by atoms with Crippen molar-refractivity contribution in [2.45, 2.75) is 0 Å². The number of hydrogen-bond acceptors (Lipinski definition) is 4. The molecule has 0 spiro atoms. The molecule has 3 aromatic rings. The van der Waals surface area contributed by atoms with Gasteiger partial charge in [0.25, 0.3) is 0 Å². The van der Waals surface area contributed by atoms with E-state index in [0.717, 1.165) is 28.5 Å². The Morgan fingerprint density at radius 1 is 1.21 bits per heavy atom. The molecule has 5 heteroatoms. The quantitative estimate of drug-likeness (QED) is 0.780. The molecule has 0 bridgehead atoms. The van der Waals surface area contributed by atoms with Gasteiger partial charge >= 0.3 is 0 Å². The second-order valence-corrected chi connectivity index (χ2v) is 4.11. The molecule has 1 N–H and O–H groups in total. The molecule has 0 aliphatic rings. The summed E-state index contributed by atoms with van der Waals surface area (Å²) in [6.45, 7) is 0. The van der Waals surface area contributed by atoms with Gasteiger partial charge < -0.3 is 10.1 Å². The van der Waals surface area contributed by atoms with E-state index in [4.69, 9.17) is 4.74 Å². The lowest BCUT2D eigenvalue weighted by atomic mass is 10.1. The number of fused-ring (bicyclic) bond motifs is 1. The Balaban J connectivity index is 2.18. The van der Waals surface area contributed by atoms with Crippen LogP contribution in [0.25, 0.3) is 16.9 Å². The molecule has 96 valence electrons. The number of ether oxygens (including phenoxy) is 1. The predicted octanol–water partition coefficient (Wildman–Crippen LogP) is 2.45. The standard InChI is InChI=1S/C14H14N4O/c1-15-13-6-7-14-16-9-12(18(14)17-13)10-4-3-5-11(8-10)19-2/h3-9H,1-2H3,(H,15,17). The maximum atomic E-state index is 5.25. The molecule has 19 heavy (non-hydrogen) atoms. The largest absolute Gasteiger partial charge is 0.497 e. The Hall–Kier alpha value is -2.56. The average molecular weight is 254 g/mol. The minimum atomic E-state index is 0.801. The molecule has 0 saturated carbocycles. The third-order valence-electron chi connectivity index (χ3n) is 2.98. The van der Waals surface area contributed by atoms with E-state index in [-0.39, 0.29) is 0 Å². The van der Waals surface area contributed by atoms with Crippen LogP contribution in [0.1, 0.15) is 0 Å². The minimum Gasteiger partial charge on any atom is -0.497 e. The van der Waals surface area contributed by atoms with Gasteiger partial charge in [-0.2, -0.15) is 0 Å². The van der Waals surface area contributed by atoms with Gasteiger partial charge in [-0.25, -0.2) is 9.50 Å². The van der Waals surface area contributed by atoms with Crippen LogP contribution in [0, 0.1) is 0 Å². The highest BCUT2D eigenvalue weighted by Crippen LogP contribution is 2.24. The third kappa shape index (κ3) is 1.99. The van der Waals surface area contributed by atoms with E-state index in [1.54, 1.807) is 7.11 Å². The van der Waals surface area contributed by atoms with Gasteiger partial charge in [-0.15, -0.1) is 5.10 Å². The van der Waals surface area contributed by atoms with Crippen LogP contribution in [0.3, 0.4) is 0 Å². The number of anilines is 1. The Kier molecular flexibility index (Phi) is 2.79. The van der Waals surface area contributed by atoms with Crippen molar-refractivity contribution in [3.8, 4) is 17.0 Å². The number of hydrogen-bond donors (Lipinski definition) is 1. The van der Waals surface area contributed by atoms with Gasteiger partial charge in [-0.1, -0.05) is 12.1 Å². The lowest BCUT2D eigenvalue weighted by molar-refractivity contribution is 0.415. The predicted molar refractivity (Wildman–Crippen MR) is 74.5 cm³/mol. The van der Waals surface area contributed by atoms with E-state index >= 15 is 0 Å². The Morgan fingerprint density at radius 2 is 2.11 bits per heavy atom. The summed E-state index contributed by atoms with van der Waals surface area (Å²) in [6.07, 6.45) is 1.82. The van der Waals surface area contributed by atoms with Crippen molar-refractivity contribution in [2.75, 3.05) is 19.5 Å². The molecule has 5 nitrogen and oxygen atoms in total. The topological polar surface area (TPSA) is 51.5 Å². The van der Waals surface area contributed by atoms with E-state index in [1.165, 1.54) is 0 Å². The fraction of sp³-hybridized carbons (Fsp3) is 0.143. The van der Waals surface area contributed by atoms with E-state index in [0.29, 0.717) is 0 Å². The SMILES string of the molecule is CNc1ccc2ncc(-c3cccc(OC)c3)n2n1. The van der Waals surface area contributed by atoms with E-state index in [1.807, 2.05) is 54.2 Å². The number of aromatic nitrogens is 3. The van der Waals surface area contributed by atoms with E-state index in [2.05, 4.69) is 15.4 Å². The average Bonchev–Trinajstić information content (AvgIpc) is 2.90. The fourth-order valence-electron chi connectivity index (χ4n) is 1.99. The zero-order chi connectivity index (χ0) is 13.2. The number of imidazole rings is 1. The smallest absolute Gasteiger partial charge is 0.154 e. The van der Waals surface area contributed by atoms with Gasteiger partial charge in [0.05, 0.1) is 19.0 Å². The van der Waals surface area contributed by atoms with Gasteiger partial charge in [0.1, 0.15) is 11.6 Å². The first-order valence-corrected chi connectivity index (χ1v) is 5.99. The summed E-state index contributed by atoms with van der Waals surface area (Å²) >= 11 is 0. The molecule has 0 unspecified atom stereocenters. The molecule has 0 fully saturated rings. The van der Waals surface area contributed by atoms with Crippen molar-refractivity contribution in [2.24, 2.45) is 0 Å². The van der Waals surface area contributed by atoms with E-state index in [9.17, 15) is 0 Å². The molecule has 0 saturated heterocycles. The van der Waals surface area contributed by atoms with E-state index < -0.39 is 0 Å². The van der Waals surface area contributed by atoms with Gasteiger partial charge in [0.15, 0.2) is 5.65 Å². The summed E-state index contributed by atoms with van der Waals surface area (Å²) < 4.78 is 7.07. The second-order valence-electron chi connectivity index (χ2n) is 4.11. The Morgan fingerprint density at radius 3 is 2.89 bits per heavy atom. The molecule has 3 rings (SSSR count). The summed E-state index contributed by atoms with van der Waals surface area (Å²) in [5.74, 6) is 1.62. The number of nitrogens with zero attached hydrogens (tertiary/aromatic N) is 3. The molecular weight excluding hydrogens is 240 g/mol. The zero-order valence-corrected chi connectivity index (χ0v) is 10.8. The zero-order valence-electron chi connectivity index (χ0n) is 10.8. The summed E-state index contributed by atoms with van der Waals surface area (Å²) in [6, 6.07) is 11.7. The van der Waals surface area contributed by atoms with Crippen LogP contribution in [0.2, 0.25) is 0 Å². The Bertz CT molecular complexity index is 720. The van der Waals surface area contributed by atoms with Gasteiger partial charge in [-0.3, -0.25) is 0 Å². The normalized spacial score (nSPS) is 10.6. The molecule has 0 atom stereocenters. The van der Waals surface area contributed by atoms with Crippen molar-refractivity contribution in [3.63, 3.8) is 0 Å². The molecule has 0 radical (unpaired) electrons. The second kappa shape index (κ2) is 4.61. The number of methoxy groups -OCH3 is 1. The highest BCUT2D eigenvalue weighted by molar-refractivity contribution is 5.65. The summed E-state index contributed by atoms with van der Waals surface area (Å²) in [5.41, 5.74) is 2.77. The lowest BCUT2D eigenvalue weighted by Gasteiger charge is -2.05. The van der Waals surface area contributed by atoms with Gasteiger partial charge in [0, 0.05) is 12.6 Å². The summed E-state index contributed by atoms with van der Waals surface area (Å²) in [7, 11) is 3.50. The minimum absolute atomic E-state index is 0.801. The van der Waals surface area contributed by atoms with Crippen LogP contribution >= 0.6 is 0 Å². The monoisotopic (exact) mass is 254 g/mol. The highest BCUT2D eigenvalue weighted by Gasteiger charge is 2.08. The van der Waals surface area contributed by atoms with Crippen molar-refractivity contribution in [3.05, 3.63) is 42.6 Å². The highest BCUT2D eigenvalue weighted by atomic mass is 16.5. The van der Waals surface area contributed by atoms with Gasteiger partial charge in [-0.05, 0) is 24.3 Å². The summed E-state index contributed by atoms with van der Waals surface area (Å²) in [5, 5.41) is 7.51. The van der Waals surface area contributed by atoms with Crippen LogP contribution in [0.4, 0.5) is 5.82 Å². The van der Waals surface area contributed by atoms with Crippen LogP contribution in [-0.4, -0.2) is 28.8 Å². The third-order valence-corrected chi connectivity index (χ3v) is 2.98. The molecule has 1 aromatic carbocycles. The van der Waals surface area contributed by atoms with Crippen molar-refractivity contribution in [1.29, 1.82) is 0 Å². The van der Waals surface area contributed by atoms with Crippen LogP contribution in [-0.2, 0) is 0 Å². The van der Waals surface area contributed by atoms with Crippen LogP contribution in [0.5, 0.6) is 5.75 Å². The van der Waals surface area contributed by atoms with Crippen LogP contribution in [0.15, 0.2) is 42.6 Å². The van der Waals surface area contributed by atoms with Crippen molar-refractivity contribution < 1.29 is 4.74 Å². The van der Waals surface area contributed by atoms with Crippen molar-refractivity contribution >= 4 is 11.5 Å². The molecule has 0 aliphatic heterocycles. The fourth-order valence-corrected chi connectivity index (χ4v) is 1.99. The Labute approximate surface area is 110 Å².